The van der Waals surface area contributed by atoms with Crippen LogP contribution in [0.5, 0.6) is 5.75 Å². The van der Waals surface area contributed by atoms with Gasteiger partial charge in [0.05, 0.1) is 18.7 Å². The van der Waals surface area contributed by atoms with Crippen molar-refractivity contribution in [3.63, 3.8) is 0 Å². The summed E-state index contributed by atoms with van der Waals surface area (Å²) in [7, 11) is 3.11. The van der Waals surface area contributed by atoms with E-state index in [0.29, 0.717) is 28.3 Å². The maximum absolute atomic E-state index is 12.8. The monoisotopic (exact) mass is 381 g/mol. The molecule has 3 rings (SSSR count). The molecule has 2 aromatic rings. The summed E-state index contributed by atoms with van der Waals surface area (Å²) in [6.45, 7) is 2.06. The lowest BCUT2D eigenvalue weighted by molar-refractivity contribution is -0.122. The SMILES string of the molecule is CNC(=O)c1cccc(NC(=O)C2CC(=O)N(c3ccccc3OC)C2)c1C. The van der Waals surface area contributed by atoms with Gasteiger partial charge >= 0.3 is 0 Å². The van der Waals surface area contributed by atoms with Crippen LogP contribution in [0, 0.1) is 12.8 Å². The minimum absolute atomic E-state index is 0.123. The Balaban J connectivity index is 1.76. The summed E-state index contributed by atoms with van der Waals surface area (Å²) >= 11 is 0. The molecule has 1 unspecified atom stereocenters. The van der Waals surface area contributed by atoms with Crippen LogP contribution in [-0.4, -0.2) is 38.4 Å². The number of methoxy groups -OCH3 is 1. The second-order valence-electron chi connectivity index (χ2n) is 6.62. The molecule has 2 N–H and O–H groups in total. The highest BCUT2D eigenvalue weighted by Gasteiger charge is 2.36. The minimum Gasteiger partial charge on any atom is -0.495 e. The third-order valence-electron chi connectivity index (χ3n) is 4.94. The number of anilines is 2. The van der Waals surface area contributed by atoms with Crippen molar-refractivity contribution >= 4 is 29.1 Å². The molecule has 3 amide bonds. The highest BCUT2D eigenvalue weighted by Crippen LogP contribution is 2.33. The summed E-state index contributed by atoms with van der Waals surface area (Å²) in [5, 5.41) is 5.45. The molecule has 7 nitrogen and oxygen atoms in total. The first-order valence-electron chi connectivity index (χ1n) is 9.02. The van der Waals surface area contributed by atoms with Crippen LogP contribution < -0.4 is 20.3 Å². The fraction of sp³-hybridized carbons (Fsp3) is 0.286. The maximum atomic E-state index is 12.8. The van der Waals surface area contributed by atoms with Crippen LogP contribution in [0.2, 0.25) is 0 Å². The lowest BCUT2D eigenvalue weighted by Gasteiger charge is -2.19. The molecule has 0 spiro atoms. The zero-order valence-corrected chi connectivity index (χ0v) is 16.1. The molecule has 0 aliphatic carbocycles. The van der Waals surface area contributed by atoms with Crippen molar-refractivity contribution in [2.24, 2.45) is 5.92 Å². The van der Waals surface area contributed by atoms with E-state index in [1.807, 2.05) is 12.1 Å². The van der Waals surface area contributed by atoms with Crippen molar-refractivity contribution in [3.05, 3.63) is 53.6 Å². The summed E-state index contributed by atoms with van der Waals surface area (Å²) < 4.78 is 5.33. The van der Waals surface area contributed by atoms with Crippen LogP contribution in [0.4, 0.5) is 11.4 Å². The van der Waals surface area contributed by atoms with Crippen LogP contribution in [0.3, 0.4) is 0 Å². The topological polar surface area (TPSA) is 87.7 Å². The number of carbonyl (C=O) groups excluding carboxylic acids is 3. The molecule has 1 aliphatic heterocycles. The Morgan fingerprint density at radius 2 is 1.89 bits per heavy atom. The van der Waals surface area contributed by atoms with Crippen LogP contribution in [0.1, 0.15) is 22.3 Å². The minimum atomic E-state index is -0.486. The van der Waals surface area contributed by atoms with Gasteiger partial charge in [0.1, 0.15) is 5.75 Å². The number of nitrogens with zero attached hydrogens (tertiary/aromatic N) is 1. The van der Waals surface area contributed by atoms with E-state index in [2.05, 4.69) is 10.6 Å². The van der Waals surface area contributed by atoms with E-state index >= 15 is 0 Å². The molecule has 28 heavy (non-hydrogen) atoms. The fourth-order valence-electron chi connectivity index (χ4n) is 3.36. The smallest absolute Gasteiger partial charge is 0.251 e. The number of ether oxygens (including phenoxy) is 1. The van der Waals surface area contributed by atoms with Gasteiger partial charge < -0.3 is 20.3 Å². The van der Waals surface area contributed by atoms with Gasteiger partial charge in [0, 0.05) is 31.3 Å². The first-order valence-corrected chi connectivity index (χ1v) is 9.02. The Kier molecular flexibility index (Phi) is 5.63. The summed E-state index contributed by atoms with van der Waals surface area (Å²) in [5.74, 6) is -0.484. The largest absolute Gasteiger partial charge is 0.495 e. The Morgan fingerprint density at radius 1 is 1.14 bits per heavy atom. The molecule has 1 fully saturated rings. The second kappa shape index (κ2) is 8.12. The molecule has 0 aromatic heterocycles. The van der Waals surface area contributed by atoms with Crippen molar-refractivity contribution < 1.29 is 19.1 Å². The van der Waals surface area contributed by atoms with Gasteiger partial charge in [0.15, 0.2) is 0 Å². The molecule has 7 heteroatoms. The number of amides is 3. The summed E-state index contributed by atoms with van der Waals surface area (Å²) in [5.41, 5.74) is 2.40. The van der Waals surface area contributed by atoms with Gasteiger partial charge in [0.25, 0.3) is 5.91 Å². The highest BCUT2D eigenvalue weighted by molar-refractivity contribution is 6.05. The number of hydrogen-bond donors (Lipinski definition) is 2. The number of para-hydroxylation sites is 2. The zero-order valence-electron chi connectivity index (χ0n) is 16.1. The first kappa shape index (κ1) is 19.4. The van der Waals surface area contributed by atoms with E-state index in [4.69, 9.17) is 4.74 Å². The van der Waals surface area contributed by atoms with E-state index in [0.717, 1.165) is 0 Å². The molecule has 1 heterocycles. The average Bonchev–Trinajstić information content (AvgIpc) is 3.10. The van der Waals surface area contributed by atoms with Gasteiger partial charge in [0.2, 0.25) is 11.8 Å². The predicted molar refractivity (Wildman–Crippen MR) is 107 cm³/mol. The van der Waals surface area contributed by atoms with E-state index in [1.165, 1.54) is 0 Å². The molecule has 2 aromatic carbocycles. The molecule has 0 saturated carbocycles. The number of hydrogen-bond acceptors (Lipinski definition) is 4. The molecular weight excluding hydrogens is 358 g/mol. The van der Waals surface area contributed by atoms with Crippen molar-refractivity contribution in [1.29, 1.82) is 0 Å². The molecule has 1 atom stereocenters. The molecule has 0 bridgehead atoms. The van der Waals surface area contributed by atoms with E-state index in [-0.39, 0.29) is 30.7 Å². The molecule has 1 saturated heterocycles. The Hall–Kier alpha value is -3.35. The molecule has 0 radical (unpaired) electrons. The van der Waals surface area contributed by atoms with Gasteiger partial charge in [-0.2, -0.15) is 0 Å². The maximum Gasteiger partial charge on any atom is 0.251 e. The number of benzene rings is 2. The van der Waals surface area contributed by atoms with Crippen molar-refractivity contribution in [3.8, 4) is 5.75 Å². The zero-order chi connectivity index (χ0) is 20.3. The summed E-state index contributed by atoms with van der Waals surface area (Å²) in [4.78, 5) is 38.8. The lowest BCUT2D eigenvalue weighted by atomic mass is 10.0. The second-order valence-corrected chi connectivity index (χ2v) is 6.62. The van der Waals surface area contributed by atoms with Crippen molar-refractivity contribution in [2.45, 2.75) is 13.3 Å². The fourth-order valence-corrected chi connectivity index (χ4v) is 3.36. The normalized spacial score (nSPS) is 16.0. The molecule has 1 aliphatic rings. The van der Waals surface area contributed by atoms with Gasteiger partial charge in [-0.1, -0.05) is 18.2 Å². The third-order valence-corrected chi connectivity index (χ3v) is 4.94. The van der Waals surface area contributed by atoms with Crippen LogP contribution in [0.25, 0.3) is 0 Å². The highest BCUT2D eigenvalue weighted by atomic mass is 16.5. The lowest BCUT2D eigenvalue weighted by Crippen LogP contribution is -2.28. The van der Waals surface area contributed by atoms with Gasteiger partial charge in [-0.3, -0.25) is 14.4 Å². The van der Waals surface area contributed by atoms with Crippen LogP contribution >= 0.6 is 0 Å². The van der Waals surface area contributed by atoms with Crippen LogP contribution in [-0.2, 0) is 9.59 Å². The Morgan fingerprint density at radius 3 is 2.61 bits per heavy atom. The standard InChI is InChI=1S/C21H23N3O4/c1-13-15(21(27)22-2)7-6-8-16(13)23-20(26)14-11-19(25)24(12-14)17-9-4-5-10-18(17)28-3/h4-10,14H,11-12H2,1-3H3,(H,22,27)(H,23,26). The Bertz CT molecular complexity index is 926. The van der Waals surface area contributed by atoms with Gasteiger partial charge in [-0.25, -0.2) is 0 Å². The number of carbonyl (C=O) groups is 3. The third kappa shape index (κ3) is 3.69. The predicted octanol–water partition coefficient (Wildman–Crippen LogP) is 2.35. The van der Waals surface area contributed by atoms with E-state index in [9.17, 15) is 14.4 Å². The van der Waals surface area contributed by atoms with Crippen LogP contribution in [0.15, 0.2) is 42.5 Å². The Labute approximate surface area is 163 Å². The molecule has 146 valence electrons. The van der Waals surface area contributed by atoms with E-state index in [1.54, 1.807) is 56.3 Å². The molecular formula is C21H23N3O4. The average molecular weight is 381 g/mol. The van der Waals surface area contributed by atoms with Crippen molar-refractivity contribution in [1.82, 2.24) is 5.32 Å². The van der Waals surface area contributed by atoms with E-state index < -0.39 is 5.92 Å². The summed E-state index contributed by atoms with van der Waals surface area (Å²) in [6.07, 6.45) is 0.123. The van der Waals surface area contributed by atoms with Gasteiger partial charge in [-0.15, -0.1) is 0 Å². The number of nitrogens with one attached hydrogen (secondary N) is 2. The first-order chi connectivity index (χ1) is 13.5. The van der Waals surface area contributed by atoms with Crippen molar-refractivity contribution in [2.75, 3.05) is 30.9 Å². The summed E-state index contributed by atoms with van der Waals surface area (Å²) in [6, 6.07) is 12.4. The number of rotatable bonds is 5. The quantitative estimate of drug-likeness (QED) is 0.832. The van der Waals surface area contributed by atoms with Gasteiger partial charge in [-0.05, 0) is 36.8 Å².